The normalized spacial score (nSPS) is 25.2. The molecular weight excluding hydrogens is 552 g/mol. The van der Waals surface area contributed by atoms with E-state index in [0.717, 1.165) is 0 Å². The Labute approximate surface area is 244 Å². The van der Waals surface area contributed by atoms with Gasteiger partial charge in [-0.25, -0.2) is 13.2 Å². The fourth-order valence-electron chi connectivity index (χ4n) is 5.02. The van der Waals surface area contributed by atoms with E-state index < -0.39 is 68.6 Å². The molecule has 0 aromatic heterocycles. The summed E-state index contributed by atoms with van der Waals surface area (Å²) in [4.78, 5) is 54.2. The smallest absolute Gasteiger partial charge is 0.408 e. The quantitative estimate of drug-likeness (QED) is 0.195. The van der Waals surface area contributed by atoms with Crippen LogP contribution < -0.4 is 15.4 Å². The number of likely N-dealkylation sites (tertiary alicyclic amines) is 1. The largest absolute Gasteiger partial charge is 0.444 e. The van der Waals surface area contributed by atoms with Gasteiger partial charge >= 0.3 is 6.09 Å². The van der Waals surface area contributed by atoms with E-state index in [9.17, 15) is 32.7 Å². The number of sulfonamides is 1. The minimum Gasteiger partial charge on any atom is -0.444 e. The van der Waals surface area contributed by atoms with Crippen molar-refractivity contribution in [1.82, 2.24) is 20.3 Å². The first kappa shape index (κ1) is 34.5. The van der Waals surface area contributed by atoms with Crippen molar-refractivity contribution in [2.24, 2.45) is 11.3 Å². The van der Waals surface area contributed by atoms with Gasteiger partial charge in [-0.2, -0.15) is 0 Å². The minimum absolute atomic E-state index is 0.0725. The Morgan fingerprint density at radius 1 is 1.15 bits per heavy atom. The van der Waals surface area contributed by atoms with Gasteiger partial charge < -0.3 is 25.4 Å². The van der Waals surface area contributed by atoms with E-state index in [4.69, 9.17) is 4.74 Å². The number of aliphatic hydroxyl groups excluding tert-OH is 1. The zero-order chi connectivity index (χ0) is 31.4. The second kappa shape index (κ2) is 13.1. The van der Waals surface area contributed by atoms with Crippen LogP contribution in [0.3, 0.4) is 0 Å². The maximum atomic E-state index is 13.7. The molecule has 234 valence electrons. The van der Waals surface area contributed by atoms with Crippen LogP contribution in [-0.4, -0.2) is 83.9 Å². The number of unbranched alkanes of at least 4 members (excludes halogenated alkanes) is 2. The molecule has 1 heterocycles. The van der Waals surface area contributed by atoms with Crippen LogP contribution in [-0.2, 0) is 29.1 Å². The molecule has 0 spiro atoms. The topological polar surface area (TPSA) is 171 Å². The Kier molecular flexibility index (Phi) is 11.0. The molecule has 1 saturated heterocycles. The van der Waals surface area contributed by atoms with E-state index in [1.54, 1.807) is 47.6 Å². The number of hydrogen-bond acceptors (Lipinski definition) is 8. The number of alkyl carbamates (subject to hydrolysis) is 1. The maximum Gasteiger partial charge on any atom is 0.408 e. The number of nitrogens with one attached hydrogen (secondary N) is 3. The van der Waals surface area contributed by atoms with E-state index in [1.165, 1.54) is 4.90 Å². The number of amides is 4. The Morgan fingerprint density at radius 2 is 1.78 bits per heavy atom. The summed E-state index contributed by atoms with van der Waals surface area (Å²) in [5.41, 5.74) is -3.00. The van der Waals surface area contributed by atoms with Crippen molar-refractivity contribution in [3.63, 3.8) is 0 Å². The summed E-state index contributed by atoms with van der Waals surface area (Å²) in [6.45, 7) is 15.6. The summed E-state index contributed by atoms with van der Waals surface area (Å²) in [7, 11) is -3.92. The maximum absolute atomic E-state index is 13.7. The van der Waals surface area contributed by atoms with Crippen molar-refractivity contribution >= 4 is 33.8 Å². The van der Waals surface area contributed by atoms with Gasteiger partial charge in [0, 0.05) is 13.0 Å². The van der Waals surface area contributed by atoms with Crippen LogP contribution in [0.25, 0.3) is 0 Å². The molecule has 5 atom stereocenters. The van der Waals surface area contributed by atoms with Crippen molar-refractivity contribution in [3.8, 4) is 0 Å². The van der Waals surface area contributed by atoms with Crippen LogP contribution in [0, 0.1) is 11.3 Å². The molecule has 41 heavy (non-hydrogen) atoms. The third-order valence-electron chi connectivity index (χ3n) is 7.31. The van der Waals surface area contributed by atoms with Crippen LogP contribution in [0.15, 0.2) is 12.7 Å². The molecule has 0 aromatic carbocycles. The molecule has 4 amide bonds. The van der Waals surface area contributed by atoms with Crippen LogP contribution in [0.1, 0.15) is 87.0 Å². The number of carbonyl (C=O) groups is 4. The Morgan fingerprint density at radius 3 is 2.29 bits per heavy atom. The predicted octanol–water partition coefficient (Wildman–Crippen LogP) is 1.97. The molecule has 0 aromatic rings. The number of β-amino-alcohol motifs (C(OH)–C–C–N with tert-alkyl or cyclic N) is 1. The van der Waals surface area contributed by atoms with E-state index in [2.05, 4.69) is 21.9 Å². The predicted molar refractivity (Wildman–Crippen MR) is 154 cm³/mol. The van der Waals surface area contributed by atoms with E-state index >= 15 is 0 Å². The van der Waals surface area contributed by atoms with Gasteiger partial charge in [-0.1, -0.05) is 40.2 Å². The molecular formula is C28H48N4O8S. The molecule has 2 rings (SSSR count). The molecule has 1 saturated carbocycles. The number of hydrogen-bond donors (Lipinski definition) is 4. The van der Waals surface area contributed by atoms with Crippen molar-refractivity contribution in [2.75, 3.05) is 12.3 Å². The molecule has 12 nitrogen and oxygen atoms in total. The van der Waals surface area contributed by atoms with Gasteiger partial charge in [0.1, 0.15) is 23.2 Å². The zero-order valence-corrected chi connectivity index (χ0v) is 26.2. The standard InChI is InChI=1S/C28H48N4O8S/c1-9-11-12-13-14-41(38,39)31-24(36)28(16-18(28)10-2)30-22(34)20-15-19(33)17-32(20)23(35)21(26(3,4)5)29-25(37)40-27(6,7)8/h9,18-21,33H,1,10-17H2,2-8H3,(H,29,37)(H,30,34)(H,31,36)/t18-,19-,20+,21-,28-/m1/s1. The molecule has 0 unspecified atom stereocenters. The Hall–Kier alpha value is -2.67. The van der Waals surface area contributed by atoms with Crippen molar-refractivity contribution in [3.05, 3.63) is 12.7 Å². The molecule has 1 aliphatic carbocycles. The number of rotatable bonds is 12. The third-order valence-corrected chi connectivity index (χ3v) is 8.63. The summed E-state index contributed by atoms with van der Waals surface area (Å²) in [5.74, 6) is -2.58. The lowest BCUT2D eigenvalue weighted by atomic mass is 9.85. The molecule has 4 N–H and O–H groups in total. The van der Waals surface area contributed by atoms with Crippen molar-refractivity contribution in [2.45, 2.75) is 116 Å². The monoisotopic (exact) mass is 600 g/mol. The number of ether oxygens (including phenoxy) is 1. The highest BCUT2D eigenvalue weighted by Crippen LogP contribution is 2.46. The molecule has 0 bridgehead atoms. The average Bonchev–Trinajstić information content (AvgIpc) is 3.40. The zero-order valence-electron chi connectivity index (χ0n) is 25.4. The van der Waals surface area contributed by atoms with Gasteiger partial charge in [-0.15, -0.1) is 6.58 Å². The van der Waals surface area contributed by atoms with Gasteiger partial charge in [0.15, 0.2) is 0 Å². The highest BCUT2D eigenvalue weighted by molar-refractivity contribution is 7.90. The summed E-state index contributed by atoms with van der Waals surface area (Å²) in [5, 5.41) is 15.8. The fourth-order valence-corrected chi connectivity index (χ4v) is 6.17. The van der Waals surface area contributed by atoms with Gasteiger partial charge in [-0.3, -0.25) is 19.1 Å². The molecule has 2 fully saturated rings. The van der Waals surface area contributed by atoms with Crippen LogP contribution in [0.4, 0.5) is 4.79 Å². The van der Waals surface area contributed by atoms with Gasteiger partial charge in [-0.05, 0) is 57.8 Å². The van der Waals surface area contributed by atoms with Crippen molar-refractivity contribution < 1.29 is 37.4 Å². The molecule has 1 aliphatic heterocycles. The lowest BCUT2D eigenvalue weighted by molar-refractivity contribution is -0.143. The molecule has 13 heteroatoms. The second-order valence-corrected chi connectivity index (χ2v) is 15.0. The first-order chi connectivity index (χ1) is 18.8. The van der Waals surface area contributed by atoms with E-state index in [0.29, 0.717) is 25.7 Å². The average molecular weight is 601 g/mol. The second-order valence-electron chi connectivity index (χ2n) is 13.1. The lowest BCUT2D eigenvalue weighted by Gasteiger charge is -2.36. The molecule has 0 radical (unpaired) electrons. The molecule has 2 aliphatic rings. The number of allylic oxidation sites excluding steroid dienone is 1. The highest BCUT2D eigenvalue weighted by Gasteiger charge is 2.61. The first-order valence-corrected chi connectivity index (χ1v) is 15.9. The third kappa shape index (κ3) is 9.42. The number of nitrogens with zero attached hydrogens (tertiary/aromatic N) is 1. The summed E-state index contributed by atoms with van der Waals surface area (Å²) in [6, 6.07) is -2.20. The van der Waals surface area contributed by atoms with Gasteiger partial charge in [0.05, 0.1) is 11.9 Å². The highest BCUT2D eigenvalue weighted by atomic mass is 32.2. The minimum atomic E-state index is -3.92. The summed E-state index contributed by atoms with van der Waals surface area (Å²) >= 11 is 0. The van der Waals surface area contributed by atoms with Crippen LogP contribution >= 0.6 is 0 Å². The Balaban J connectivity index is 2.21. The van der Waals surface area contributed by atoms with E-state index in [1.807, 2.05) is 6.92 Å². The van der Waals surface area contributed by atoms with Crippen LogP contribution in [0.5, 0.6) is 0 Å². The number of aliphatic hydroxyl groups is 1. The van der Waals surface area contributed by atoms with Crippen molar-refractivity contribution in [1.29, 1.82) is 0 Å². The van der Waals surface area contributed by atoms with Gasteiger partial charge in [0.2, 0.25) is 21.8 Å². The SMILES string of the molecule is C=CCCCCS(=O)(=O)NC(=O)[C@@]1(NC(=O)[C@@H]2C[C@@H](O)CN2C(=O)[C@@H](NC(=O)OC(C)(C)C)C(C)(C)C)C[C@H]1CC. The van der Waals surface area contributed by atoms with Gasteiger partial charge in [0.25, 0.3) is 5.91 Å². The summed E-state index contributed by atoms with van der Waals surface area (Å²) < 4.78 is 32.5. The first-order valence-electron chi connectivity index (χ1n) is 14.2. The summed E-state index contributed by atoms with van der Waals surface area (Å²) in [6.07, 6.45) is 2.23. The Bertz CT molecular complexity index is 1110. The van der Waals surface area contributed by atoms with E-state index in [-0.39, 0.29) is 31.1 Å². The van der Waals surface area contributed by atoms with Crippen LogP contribution in [0.2, 0.25) is 0 Å². The number of carbonyl (C=O) groups excluding carboxylic acids is 4. The fraction of sp³-hybridized carbons (Fsp3) is 0.786. The lowest BCUT2D eigenvalue weighted by Crippen LogP contribution is -2.60.